The highest BCUT2D eigenvalue weighted by Gasteiger charge is 2.33. The van der Waals surface area contributed by atoms with Gasteiger partial charge in [0.05, 0.1) is 6.61 Å². The first-order chi connectivity index (χ1) is 15.4. The normalized spacial score (nSPS) is 18.8. The molecule has 0 aromatic heterocycles. The number of aliphatic carboxylic acids is 1. The van der Waals surface area contributed by atoms with Crippen molar-refractivity contribution in [3.05, 3.63) is 71.8 Å². The summed E-state index contributed by atoms with van der Waals surface area (Å²) >= 11 is 0. The number of carboxylic acid groups (broad SMARTS) is 1. The summed E-state index contributed by atoms with van der Waals surface area (Å²) < 4.78 is 11.2. The molecule has 0 aliphatic carbocycles. The number of rotatable bonds is 11. The zero-order valence-electron chi connectivity index (χ0n) is 18.5. The van der Waals surface area contributed by atoms with Crippen LogP contribution in [0.15, 0.2) is 60.7 Å². The minimum absolute atomic E-state index is 0.129. The fraction of sp³-hybridized carbons (Fsp3) is 0.360. The van der Waals surface area contributed by atoms with E-state index >= 15 is 0 Å². The molecule has 3 N–H and O–H groups in total. The molecule has 1 aliphatic heterocycles. The Bertz CT molecular complexity index is 943. The van der Waals surface area contributed by atoms with Gasteiger partial charge in [0.25, 0.3) is 0 Å². The number of ether oxygens (including phenoxy) is 2. The smallest absolute Gasteiger partial charge is 0.333 e. The summed E-state index contributed by atoms with van der Waals surface area (Å²) in [6, 6.07) is 17.1. The molecule has 0 radical (unpaired) electrons. The van der Waals surface area contributed by atoms with Gasteiger partial charge in [-0.15, -0.1) is 0 Å². The fourth-order valence-corrected chi connectivity index (χ4v) is 3.68. The molecule has 0 saturated carbocycles. The average Bonchev–Trinajstić information content (AvgIpc) is 2.80. The van der Waals surface area contributed by atoms with Crippen molar-refractivity contribution in [3.63, 3.8) is 0 Å². The van der Waals surface area contributed by atoms with Crippen molar-refractivity contribution in [2.45, 2.75) is 44.9 Å². The number of carbonyl (C=O) groups is 2. The largest absolute Gasteiger partial charge is 0.493 e. The van der Waals surface area contributed by atoms with Crippen LogP contribution in [-0.4, -0.2) is 42.0 Å². The summed E-state index contributed by atoms with van der Waals surface area (Å²) in [5.41, 5.74) is 2.02. The lowest BCUT2D eigenvalue weighted by Gasteiger charge is -2.39. The van der Waals surface area contributed by atoms with Gasteiger partial charge in [-0.25, -0.2) is 4.79 Å². The van der Waals surface area contributed by atoms with Crippen LogP contribution in [0.2, 0.25) is 0 Å². The van der Waals surface area contributed by atoms with Crippen LogP contribution in [0.5, 0.6) is 5.75 Å². The van der Waals surface area contributed by atoms with Crippen LogP contribution in [0.25, 0.3) is 5.70 Å². The summed E-state index contributed by atoms with van der Waals surface area (Å²) in [6.07, 6.45) is 2.29. The first-order valence-electron chi connectivity index (χ1n) is 10.9. The van der Waals surface area contributed by atoms with Crippen molar-refractivity contribution in [1.29, 1.82) is 0 Å². The van der Waals surface area contributed by atoms with Crippen LogP contribution in [0.4, 0.5) is 0 Å². The zero-order valence-corrected chi connectivity index (χ0v) is 18.5. The lowest BCUT2D eigenvalue weighted by molar-refractivity contribution is -0.149. The number of benzene rings is 2. The van der Waals surface area contributed by atoms with E-state index in [0.717, 1.165) is 16.8 Å². The van der Waals surface area contributed by atoms with E-state index in [1.165, 1.54) is 0 Å². The molecule has 7 heteroatoms. The molecule has 1 amide bonds. The molecular weight excluding hydrogens is 408 g/mol. The van der Waals surface area contributed by atoms with Gasteiger partial charge in [0.15, 0.2) is 6.10 Å². The van der Waals surface area contributed by atoms with E-state index in [4.69, 9.17) is 9.47 Å². The third-order valence-electron chi connectivity index (χ3n) is 5.49. The number of hydrogen-bond acceptors (Lipinski definition) is 5. The molecule has 1 heterocycles. The van der Waals surface area contributed by atoms with Crippen molar-refractivity contribution < 1.29 is 24.2 Å². The van der Waals surface area contributed by atoms with E-state index in [-0.39, 0.29) is 5.91 Å². The van der Waals surface area contributed by atoms with Crippen LogP contribution < -0.4 is 15.4 Å². The summed E-state index contributed by atoms with van der Waals surface area (Å²) in [6.45, 7) is 4.55. The number of carboxylic acids is 1. The molecule has 2 aromatic rings. The first-order valence-corrected chi connectivity index (χ1v) is 10.9. The second kappa shape index (κ2) is 10.8. The van der Waals surface area contributed by atoms with Gasteiger partial charge in [0, 0.05) is 31.2 Å². The number of amides is 1. The van der Waals surface area contributed by atoms with Crippen LogP contribution in [0, 0.1) is 0 Å². The van der Waals surface area contributed by atoms with Gasteiger partial charge in [-0.3, -0.25) is 4.79 Å². The zero-order chi connectivity index (χ0) is 23.0. The third kappa shape index (κ3) is 6.11. The molecule has 2 atom stereocenters. The predicted octanol–water partition coefficient (Wildman–Crippen LogP) is 3.35. The van der Waals surface area contributed by atoms with Crippen molar-refractivity contribution >= 4 is 17.6 Å². The van der Waals surface area contributed by atoms with Gasteiger partial charge >= 0.3 is 5.97 Å². The SMILES string of the molecule is CCOC(Cc1ccc(OCCC2(CC)NC(=O)C=C(c3ccccc3)N2)cc1)C(=O)O. The summed E-state index contributed by atoms with van der Waals surface area (Å²) in [7, 11) is 0. The highest BCUT2D eigenvalue weighted by molar-refractivity contribution is 5.97. The van der Waals surface area contributed by atoms with Crippen molar-refractivity contribution in [3.8, 4) is 5.75 Å². The lowest BCUT2D eigenvalue weighted by Crippen LogP contribution is -2.60. The molecule has 170 valence electrons. The van der Waals surface area contributed by atoms with Crippen molar-refractivity contribution in [2.75, 3.05) is 13.2 Å². The Hall–Kier alpha value is -3.32. The second-order valence-corrected chi connectivity index (χ2v) is 7.70. The molecule has 2 unspecified atom stereocenters. The molecule has 0 saturated heterocycles. The Kier molecular flexibility index (Phi) is 7.89. The van der Waals surface area contributed by atoms with E-state index in [0.29, 0.717) is 38.2 Å². The Morgan fingerprint density at radius 1 is 1.06 bits per heavy atom. The Labute approximate surface area is 188 Å². The maximum Gasteiger partial charge on any atom is 0.333 e. The monoisotopic (exact) mass is 438 g/mol. The minimum atomic E-state index is -0.969. The van der Waals surface area contributed by atoms with Gasteiger partial charge in [-0.05, 0) is 36.6 Å². The van der Waals surface area contributed by atoms with Crippen molar-refractivity contribution in [1.82, 2.24) is 10.6 Å². The first kappa shape index (κ1) is 23.3. The summed E-state index contributed by atoms with van der Waals surface area (Å²) in [5, 5.41) is 15.8. The lowest BCUT2D eigenvalue weighted by atomic mass is 9.98. The number of hydrogen-bond donors (Lipinski definition) is 3. The summed E-state index contributed by atoms with van der Waals surface area (Å²) in [4.78, 5) is 23.6. The van der Waals surface area contributed by atoms with E-state index in [1.807, 2.05) is 61.5 Å². The highest BCUT2D eigenvalue weighted by atomic mass is 16.5. The number of nitrogens with one attached hydrogen (secondary N) is 2. The van der Waals surface area contributed by atoms with E-state index in [2.05, 4.69) is 10.6 Å². The molecule has 7 nitrogen and oxygen atoms in total. The molecule has 1 aliphatic rings. The highest BCUT2D eigenvalue weighted by Crippen LogP contribution is 2.24. The topological polar surface area (TPSA) is 96.9 Å². The van der Waals surface area contributed by atoms with Crippen LogP contribution in [0.3, 0.4) is 0 Å². The van der Waals surface area contributed by atoms with E-state index in [1.54, 1.807) is 13.0 Å². The molecule has 0 bridgehead atoms. The Morgan fingerprint density at radius 3 is 2.41 bits per heavy atom. The Balaban J connectivity index is 1.58. The maximum absolute atomic E-state index is 12.4. The molecule has 2 aromatic carbocycles. The molecule has 32 heavy (non-hydrogen) atoms. The van der Waals surface area contributed by atoms with E-state index in [9.17, 15) is 14.7 Å². The second-order valence-electron chi connectivity index (χ2n) is 7.70. The number of carbonyl (C=O) groups excluding carboxylic acids is 1. The standard InChI is InChI=1S/C25H30N2O5/c1-3-25(26-21(17-23(28)27-25)19-8-6-5-7-9-19)14-15-32-20-12-10-18(11-13-20)16-22(24(29)30)31-4-2/h5-13,17,22,26H,3-4,14-16H2,1-2H3,(H,27,28)(H,29,30). The van der Waals surface area contributed by atoms with E-state index < -0.39 is 17.7 Å². The minimum Gasteiger partial charge on any atom is -0.493 e. The quantitative estimate of drug-likeness (QED) is 0.498. The Morgan fingerprint density at radius 2 is 1.78 bits per heavy atom. The van der Waals surface area contributed by atoms with Crippen LogP contribution in [0.1, 0.15) is 37.8 Å². The van der Waals surface area contributed by atoms with Crippen molar-refractivity contribution in [2.24, 2.45) is 0 Å². The van der Waals surface area contributed by atoms with Gasteiger partial charge < -0.3 is 25.2 Å². The molecule has 0 fully saturated rings. The maximum atomic E-state index is 12.4. The van der Waals surface area contributed by atoms with Gasteiger partial charge in [-0.2, -0.15) is 0 Å². The van der Waals surface area contributed by atoms with Gasteiger partial charge in [0.1, 0.15) is 11.4 Å². The molecule has 3 rings (SSSR count). The van der Waals surface area contributed by atoms with Crippen LogP contribution in [-0.2, 0) is 20.7 Å². The third-order valence-corrected chi connectivity index (χ3v) is 5.49. The predicted molar refractivity (Wildman–Crippen MR) is 122 cm³/mol. The molecule has 0 spiro atoms. The summed E-state index contributed by atoms with van der Waals surface area (Å²) in [5.74, 6) is -0.414. The van der Waals surface area contributed by atoms with Gasteiger partial charge in [0.2, 0.25) is 5.91 Å². The van der Waals surface area contributed by atoms with Gasteiger partial charge in [-0.1, -0.05) is 49.4 Å². The average molecular weight is 439 g/mol. The van der Waals surface area contributed by atoms with Crippen LogP contribution >= 0.6 is 0 Å². The fourth-order valence-electron chi connectivity index (χ4n) is 3.68. The molecular formula is C25H30N2O5.